The van der Waals surface area contributed by atoms with E-state index in [4.69, 9.17) is 21.1 Å². The monoisotopic (exact) mass is 405 g/mol. The number of ether oxygens (including phenoxy) is 2. The van der Waals surface area contributed by atoms with Crippen molar-refractivity contribution in [1.82, 2.24) is 20.2 Å². The molecule has 0 spiro atoms. The van der Waals surface area contributed by atoms with E-state index in [1.807, 2.05) is 18.2 Å². The number of tetrazole rings is 1. The number of aromatic nitrogens is 4. The highest BCUT2D eigenvalue weighted by atomic mass is 35.5. The van der Waals surface area contributed by atoms with Gasteiger partial charge in [-0.25, -0.2) is 0 Å². The second-order valence-electron chi connectivity index (χ2n) is 5.26. The normalized spacial score (nSPS) is 10.5. The average Bonchev–Trinajstić information content (AvgIpc) is 3.15. The Labute approximate surface area is 164 Å². The minimum atomic E-state index is -0.235. The number of amides is 1. The number of rotatable bonds is 7. The Morgan fingerprint density at radius 1 is 1.22 bits per heavy atom. The van der Waals surface area contributed by atoms with Crippen molar-refractivity contribution in [3.63, 3.8) is 0 Å². The molecule has 2 aromatic carbocycles. The molecule has 3 aromatic rings. The molecular formula is C17H16ClN5O3S. The first-order chi connectivity index (χ1) is 13.1. The van der Waals surface area contributed by atoms with Crippen LogP contribution in [0.5, 0.6) is 11.5 Å². The highest BCUT2D eigenvalue weighted by Crippen LogP contribution is 2.28. The zero-order valence-electron chi connectivity index (χ0n) is 14.5. The van der Waals surface area contributed by atoms with Crippen LogP contribution >= 0.6 is 23.4 Å². The summed E-state index contributed by atoms with van der Waals surface area (Å²) in [6.07, 6.45) is 0. The molecule has 1 aromatic heterocycles. The quantitative estimate of drug-likeness (QED) is 0.604. The number of carbonyl (C=O) groups excluding carboxylic acids is 1. The van der Waals surface area contributed by atoms with E-state index < -0.39 is 0 Å². The summed E-state index contributed by atoms with van der Waals surface area (Å²) in [6.45, 7) is 0. The number of methoxy groups -OCH3 is 2. The number of thioether (sulfide) groups is 1. The number of nitrogens with one attached hydrogen (secondary N) is 1. The lowest BCUT2D eigenvalue weighted by molar-refractivity contribution is -0.113. The molecule has 0 unspecified atom stereocenters. The van der Waals surface area contributed by atoms with E-state index in [-0.39, 0.29) is 11.7 Å². The molecule has 10 heteroatoms. The van der Waals surface area contributed by atoms with Crippen LogP contribution < -0.4 is 14.8 Å². The molecule has 3 rings (SSSR count). The summed E-state index contributed by atoms with van der Waals surface area (Å²) in [7, 11) is 3.11. The third-order valence-corrected chi connectivity index (χ3v) is 4.66. The Balaban J connectivity index is 1.68. The minimum Gasteiger partial charge on any atom is -0.497 e. The predicted octanol–water partition coefficient (Wildman–Crippen LogP) is 3.06. The fourth-order valence-electron chi connectivity index (χ4n) is 2.27. The van der Waals surface area contributed by atoms with Crippen LogP contribution in [-0.4, -0.2) is 46.1 Å². The molecule has 0 aliphatic heterocycles. The van der Waals surface area contributed by atoms with Gasteiger partial charge in [-0.1, -0.05) is 29.4 Å². The third-order valence-electron chi connectivity index (χ3n) is 3.51. The molecule has 1 heterocycles. The fourth-order valence-corrected chi connectivity index (χ4v) is 3.13. The molecule has 140 valence electrons. The summed E-state index contributed by atoms with van der Waals surface area (Å²) in [6, 6.07) is 12.3. The lowest BCUT2D eigenvalue weighted by Crippen LogP contribution is -2.15. The van der Waals surface area contributed by atoms with Crippen molar-refractivity contribution in [1.29, 1.82) is 0 Å². The molecule has 0 aliphatic rings. The summed E-state index contributed by atoms with van der Waals surface area (Å²) in [4.78, 5) is 12.3. The van der Waals surface area contributed by atoms with Crippen LogP contribution in [0.25, 0.3) is 5.69 Å². The van der Waals surface area contributed by atoms with Crippen LogP contribution in [0.3, 0.4) is 0 Å². The lowest BCUT2D eigenvalue weighted by Gasteiger charge is -2.10. The fraction of sp³-hybridized carbons (Fsp3) is 0.176. The van der Waals surface area contributed by atoms with Crippen LogP contribution in [0, 0.1) is 0 Å². The number of halogens is 1. The van der Waals surface area contributed by atoms with Crippen molar-refractivity contribution in [2.24, 2.45) is 0 Å². The van der Waals surface area contributed by atoms with E-state index in [2.05, 4.69) is 20.8 Å². The van der Waals surface area contributed by atoms with Crippen molar-refractivity contribution >= 4 is 35.0 Å². The summed E-state index contributed by atoms with van der Waals surface area (Å²) in [5.41, 5.74) is 1.24. The van der Waals surface area contributed by atoms with Gasteiger partial charge in [-0.2, -0.15) is 4.68 Å². The van der Waals surface area contributed by atoms with Crippen LogP contribution in [0.15, 0.2) is 47.6 Å². The van der Waals surface area contributed by atoms with E-state index >= 15 is 0 Å². The average molecular weight is 406 g/mol. The maximum absolute atomic E-state index is 12.3. The van der Waals surface area contributed by atoms with E-state index in [0.29, 0.717) is 27.4 Å². The topological polar surface area (TPSA) is 91.2 Å². The molecule has 0 fully saturated rings. The zero-order valence-corrected chi connectivity index (χ0v) is 16.1. The highest BCUT2D eigenvalue weighted by molar-refractivity contribution is 7.99. The van der Waals surface area contributed by atoms with Gasteiger partial charge in [-0.15, -0.1) is 5.10 Å². The molecule has 0 atom stereocenters. The maximum atomic E-state index is 12.3. The van der Waals surface area contributed by atoms with E-state index in [9.17, 15) is 4.79 Å². The first kappa shape index (κ1) is 19.0. The zero-order chi connectivity index (χ0) is 19.2. The Morgan fingerprint density at radius 2 is 2.07 bits per heavy atom. The van der Waals surface area contributed by atoms with Gasteiger partial charge in [-0.05, 0) is 40.8 Å². The van der Waals surface area contributed by atoms with Gasteiger partial charge in [-0.3, -0.25) is 4.79 Å². The second-order valence-corrected chi connectivity index (χ2v) is 6.64. The molecule has 27 heavy (non-hydrogen) atoms. The molecule has 0 aliphatic carbocycles. The SMILES string of the molecule is COc1cccc(-n2nnnc2SCC(=O)Nc2cc(Cl)ccc2OC)c1. The van der Waals surface area contributed by atoms with E-state index in [1.54, 1.807) is 36.1 Å². The summed E-state index contributed by atoms with van der Waals surface area (Å²) < 4.78 is 12.0. The molecule has 1 N–H and O–H groups in total. The number of hydrogen-bond donors (Lipinski definition) is 1. The van der Waals surface area contributed by atoms with Gasteiger partial charge in [0.2, 0.25) is 11.1 Å². The molecular weight excluding hydrogens is 390 g/mol. The van der Waals surface area contributed by atoms with Gasteiger partial charge in [0.25, 0.3) is 0 Å². The van der Waals surface area contributed by atoms with Crippen molar-refractivity contribution in [2.45, 2.75) is 5.16 Å². The van der Waals surface area contributed by atoms with Gasteiger partial charge >= 0.3 is 0 Å². The molecule has 8 nitrogen and oxygen atoms in total. The summed E-state index contributed by atoms with van der Waals surface area (Å²) >= 11 is 7.18. The number of anilines is 1. The Bertz CT molecular complexity index is 950. The largest absolute Gasteiger partial charge is 0.497 e. The lowest BCUT2D eigenvalue weighted by atomic mass is 10.3. The van der Waals surface area contributed by atoms with Gasteiger partial charge in [0.15, 0.2) is 0 Å². The van der Waals surface area contributed by atoms with Crippen molar-refractivity contribution in [3.05, 3.63) is 47.5 Å². The Kier molecular flexibility index (Phi) is 6.15. The molecule has 0 radical (unpaired) electrons. The predicted molar refractivity (Wildman–Crippen MR) is 103 cm³/mol. The molecule has 0 saturated carbocycles. The van der Waals surface area contributed by atoms with Gasteiger partial charge < -0.3 is 14.8 Å². The minimum absolute atomic E-state index is 0.111. The number of hydrogen-bond acceptors (Lipinski definition) is 7. The number of nitrogens with zero attached hydrogens (tertiary/aromatic N) is 4. The summed E-state index contributed by atoms with van der Waals surface area (Å²) in [5.74, 6) is 1.09. The smallest absolute Gasteiger partial charge is 0.234 e. The van der Waals surface area contributed by atoms with E-state index in [0.717, 1.165) is 5.69 Å². The molecule has 0 bridgehead atoms. The van der Waals surface area contributed by atoms with Crippen molar-refractivity contribution in [3.8, 4) is 17.2 Å². The Hall–Kier alpha value is -2.78. The standard InChI is InChI=1S/C17H16ClN5O3S/c1-25-13-5-3-4-12(9-13)23-17(20-21-22-23)27-10-16(24)19-14-8-11(18)6-7-15(14)26-2/h3-9H,10H2,1-2H3,(H,19,24). The number of carbonyl (C=O) groups is 1. The van der Waals surface area contributed by atoms with Crippen molar-refractivity contribution < 1.29 is 14.3 Å². The number of benzene rings is 2. The highest BCUT2D eigenvalue weighted by Gasteiger charge is 2.14. The van der Waals surface area contributed by atoms with Crippen LogP contribution in [0.1, 0.15) is 0 Å². The van der Waals surface area contributed by atoms with Gasteiger partial charge in [0.05, 0.1) is 31.3 Å². The maximum Gasteiger partial charge on any atom is 0.234 e. The molecule has 1 amide bonds. The van der Waals surface area contributed by atoms with Gasteiger partial charge in [0, 0.05) is 11.1 Å². The van der Waals surface area contributed by atoms with Crippen LogP contribution in [0.2, 0.25) is 5.02 Å². The van der Waals surface area contributed by atoms with Gasteiger partial charge in [0.1, 0.15) is 11.5 Å². The summed E-state index contributed by atoms with van der Waals surface area (Å²) in [5, 5.41) is 15.4. The van der Waals surface area contributed by atoms with Crippen LogP contribution in [-0.2, 0) is 4.79 Å². The first-order valence-corrected chi connectivity index (χ1v) is 9.16. The van der Waals surface area contributed by atoms with Crippen LogP contribution in [0.4, 0.5) is 5.69 Å². The van der Waals surface area contributed by atoms with Crippen molar-refractivity contribution in [2.75, 3.05) is 25.3 Å². The second kappa shape index (κ2) is 8.74. The Morgan fingerprint density at radius 3 is 2.85 bits per heavy atom. The first-order valence-electron chi connectivity index (χ1n) is 7.79. The molecule has 0 saturated heterocycles. The van der Waals surface area contributed by atoms with E-state index in [1.165, 1.54) is 18.9 Å². The third kappa shape index (κ3) is 4.69.